The molecule has 1 amide bonds. The molecule has 0 bridgehead atoms. The predicted molar refractivity (Wildman–Crippen MR) is 130 cm³/mol. The first-order valence-electron chi connectivity index (χ1n) is 13.5. The minimum atomic E-state index is 0.0834. The minimum Gasteiger partial charge on any atom is -0.396 e. The van der Waals surface area contributed by atoms with Crippen LogP contribution in [0.1, 0.15) is 70.6 Å². The lowest BCUT2D eigenvalue weighted by Gasteiger charge is -2.35. The average Bonchev–Trinajstić information content (AvgIpc) is 3.23. The predicted octanol–water partition coefficient (Wildman–Crippen LogP) is 0.183. The van der Waals surface area contributed by atoms with Crippen LogP contribution in [0.25, 0.3) is 0 Å². The van der Waals surface area contributed by atoms with E-state index in [1.807, 2.05) is 0 Å². The summed E-state index contributed by atoms with van der Waals surface area (Å²) >= 11 is 0. The summed E-state index contributed by atoms with van der Waals surface area (Å²) in [6.07, 6.45) is 12.6. The van der Waals surface area contributed by atoms with E-state index in [2.05, 4.69) is 44.1 Å². The zero-order valence-electron chi connectivity index (χ0n) is 20.5. The number of hydrogen-bond donors (Lipinski definition) is 7. The van der Waals surface area contributed by atoms with E-state index < -0.39 is 0 Å². The van der Waals surface area contributed by atoms with Gasteiger partial charge in [-0.3, -0.25) is 15.0 Å². The lowest BCUT2D eigenvalue weighted by atomic mass is 9.81. The minimum absolute atomic E-state index is 0.0834. The Balaban J connectivity index is 1.22. The topological polar surface area (TPSA) is 113 Å². The number of aliphatic hydroxyl groups excluding tert-OH is 1. The zero-order valence-corrected chi connectivity index (χ0v) is 20.5. The molecule has 0 spiro atoms. The second-order valence-corrected chi connectivity index (χ2v) is 10.7. The van der Waals surface area contributed by atoms with E-state index in [4.69, 9.17) is 0 Å². The summed E-state index contributed by atoms with van der Waals surface area (Å²) in [5.41, 5.74) is 6.92. The van der Waals surface area contributed by atoms with Crippen molar-refractivity contribution < 1.29 is 9.90 Å². The molecule has 2 saturated heterocycles. The Labute approximate surface area is 199 Å². The Morgan fingerprint density at radius 3 is 2.70 bits per heavy atom. The maximum absolute atomic E-state index is 13.1. The lowest BCUT2D eigenvalue weighted by molar-refractivity contribution is -0.127. The maximum Gasteiger partial charge on any atom is 0.223 e. The van der Waals surface area contributed by atoms with E-state index in [1.165, 1.54) is 32.1 Å². The third-order valence-corrected chi connectivity index (χ3v) is 8.46. The van der Waals surface area contributed by atoms with Gasteiger partial charge in [-0.25, -0.2) is 10.9 Å². The number of nitrogens with one attached hydrogen (secondary N) is 6. The second-order valence-electron chi connectivity index (χ2n) is 10.7. The van der Waals surface area contributed by atoms with Crippen LogP contribution in [0.2, 0.25) is 0 Å². The van der Waals surface area contributed by atoms with Crippen LogP contribution in [-0.2, 0) is 4.79 Å². The Morgan fingerprint density at radius 1 is 1.09 bits per heavy atom. The molecular formula is C24H47N7O2. The summed E-state index contributed by atoms with van der Waals surface area (Å²) in [6, 6.07) is 0.957. The van der Waals surface area contributed by atoms with Crippen LogP contribution in [0.15, 0.2) is 0 Å². The number of carbonyl (C=O) groups is 1. The summed E-state index contributed by atoms with van der Waals surface area (Å²) in [5.74, 6) is 0.826. The van der Waals surface area contributed by atoms with Crippen molar-refractivity contribution in [3.8, 4) is 0 Å². The molecule has 4 rings (SSSR count). The fourth-order valence-electron chi connectivity index (χ4n) is 6.37. The van der Waals surface area contributed by atoms with Crippen molar-refractivity contribution >= 4 is 5.91 Å². The van der Waals surface area contributed by atoms with Gasteiger partial charge < -0.3 is 21.1 Å². The number of carbonyl (C=O) groups excluding carboxylic acids is 1. The molecule has 2 aliphatic carbocycles. The fourth-order valence-corrected chi connectivity index (χ4v) is 6.37. The Kier molecular flexibility index (Phi) is 9.78. The van der Waals surface area contributed by atoms with Gasteiger partial charge in [-0.1, -0.05) is 25.7 Å². The monoisotopic (exact) mass is 465 g/mol. The number of likely N-dealkylation sites (N-methyl/N-ethyl adjacent to an activating group) is 1. The number of hydrogen-bond acceptors (Lipinski definition) is 8. The van der Waals surface area contributed by atoms with Crippen molar-refractivity contribution in [1.82, 2.24) is 37.0 Å². The second kappa shape index (κ2) is 12.8. The summed E-state index contributed by atoms with van der Waals surface area (Å²) < 4.78 is 0. The van der Waals surface area contributed by atoms with Crippen LogP contribution in [0, 0.1) is 11.8 Å². The molecule has 190 valence electrons. The summed E-state index contributed by atoms with van der Waals surface area (Å²) in [5, 5.41) is 23.5. The summed E-state index contributed by atoms with van der Waals surface area (Å²) in [6.45, 7) is 2.93. The Morgan fingerprint density at radius 2 is 1.94 bits per heavy atom. The molecule has 9 heteroatoms. The molecular weight excluding hydrogens is 418 g/mol. The molecule has 4 aliphatic rings. The van der Waals surface area contributed by atoms with E-state index in [0.29, 0.717) is 24.4 Å². The third-order valence-electron chi connectivity index (χ3n) is 8.46. The van der Waals surface area contributed by atoms with Gasteiger partial charge in [0.15, 0.2) is 0 Å². The summed E-state index contributed by atoms with van der Waals surface area (Å²) in [7, 11) is 2.18. The highest BCUT2D eigenvalue weighted by Crippen LogP contribution is 2.29. The number of hydrazine groups is 1. The van der Waals surface area contributed by atoms with Crippen LogP contribution < -0.4 is 32.1 Å². The maximum atomic E-state index is 13.1. The molecule has 0 aromatic carbocycles. The quantitative estimate of drug-likeness (QED) is 0.258. The molecule has 0 aromatic rings. The SMILES string of the molecule is CN1C(CNC2CCCC(C(=O)N[C@H](CCO)C3CCCCC3)C2)NNC1C1CCNCN1. The molecule has 0 aromatic heterocycles. The molecule has 7 N–H and O–H groups in total. The highest BCUT2D eigenvalue weighted by molar-refractivity contribution is 5.79. The van der Waals surface area contributed by atoms with Crippen LogP contribution in [0.5, 0.6) is 0 Å². The molecule has 2 saturated carbocycles. The van der Waals surface area contributed by atoms with Gasteiger partial charge in [0, 0.05) is 43.9 Å². The van der Waals surface area contributed by atoms with Gasteiger partial charge in [0.05, 0.1) is 12.3 Å². The smallest absolute Gasteiger partial charge is 0.223 e. The first kappa shape index (κ1) is 25.3. The molecule has 9 nitrogen and oxygen atoms in total. The van der Waals surface area contributed by atoms with Crippen molar-refractivity contribution in [2.45, 2.75) is 101 Å². The first-order valence-corrected chi connectivity index (χ1v) is 13.5. The van der Waals surface area contributed by atoms with Crippen LogP contribution in [0.3, 0.4) is 0 Å². The zero-order chi connectivity index (χ0) is 23.0. The molecule has 2 heterocycles. The molecule has 2 aliphatic heterocycles. The van der Waals surface area contributed by atoms with E-state index >= 15 is 0 Å². The third kappa shape index (κ3) is 6.87. The highest BCUT2D eigenvalue weighted by atomic mass is 16.3. The van der Waals surface area contributed by atoms with Crippen LogP contribution >= 0.6 is 0 Å². The van der Waals surface area contributed by atoms with Gasteiger partial charge >= 0.3 is 0 Å². The number of nitrogens with zero attached hydrogens (tertiary/aromatic N) is 1. The van der Waals surface area contributed by atoms with Crippen molar-refractivity contribution in [3.63, 3.8) is 0 Å². The van der Waals surface area contributed by atoms with Gasteiger partial charge in [-0.2, -0.15) is 0 Å². The fraction of sp³-hybridized carbons (Fsp3) is 0.958. The van der Waals surface area contributed by atoms with Gasteiger partial charge in [0.1, 0.15) is 0 Å². The van der Waals surface area contributed by atoms with Crippen molar-refractivity contribution in [3.05, 3.63) is 0 Å². The highest BCUT2D eigenvalue weighted by Gasteiger charge is 2.36. The number of amides is 1. The van der Waals surface area contributed by atoms with Crippen molar-refractivity contribution in [2.24, 2.45) is 11.8 Å². The van der Waals surface area contributed by atoms with Crippen molar-refractivity contribution in [2.75, 3.05) is 33.4 Å². The van der Waals surface area contributed by atoms with Gasteiger partial charge in [0.25, 0.3) is 0 Å². The van der Waals surface area contributed by atoms with Gasteiger partial charge in [-0.15, -0.1) is 0 Å². The van der Waals surface area contributed by atoms with E-state index in [9.17, 15) is 9.90 Å². The standard InChI is InChI=1S/C24H47N7O2/c1-31-22(29-30-23(31)21-10-12-25-16-27-21)15-26-19-9-5-8-18(14-19)24(33)28-20(11-13-32)17-6-3-2-4-7-17/h17-23,25-27,29-30,32H,2-16H2,1H3,(H,28,33)/t18?,19?,20-,21?,22?,23?/m1/s1. The molecule has 6 atom stereocenters. The largest absolute Gasteiger partial charge is 0.396 e. The molecule has 33 heavy (non-hydrogen) atoms. The lowest BCUT2D eigenvalue weighted by Crippen LogP contribution is -2.58. The van der Waals surface area contributed by atoms with Gasteiger partial charge in [0.2, 0.25) is 5.91 Å². The molecule has 0 radical (unpaired) electrons. The average molecular weight is 466 g/mol. The van der Waals surface area contributed by atoms with Crippen LogP contribution in [0.4, 0.5) is 0 Å². The van der Waals surface area contributed by atoms with E-state index in [1.54, 1.807) is 0 Å². The summed E-state index contributed by atoms with van der Waals surface area (Å²) in [4.78, 5) is 15.5. The van der Waals surface area contributed by atoms with Crippen LogP contribution in [-0.4, -0.2) is 79.8 Å². The Hall–Kier alpha value is -0.810. The van der Waals surface area contributed by atoms with E-state index in [0.717, 1.165) is 51.9 Å². The van der Waals surface area contributed by atoms with E-state index in [-0.39, 0.29) is 36.8 Å². The molecule has 5 unspecified atom stereocenters. The number of rotatable bonds is 9. The Bertz CT molecular complexity index is 597. The first-order chi connectivity index (χ1) is 16.2. The normalized spacial score (nSPS) is 35.4. The van der Waals surface area contributed by atoms with Gasteiger partial charge in [-0.05, 0) is 64.5 Å². The van der Waals surface area contributed by atoms with Crippen molar-refractivity contribution in [1.29, 1.82) is 0 Å². The number of aliphatic hydroxyl groups is 1. The molecule has 4 fully saturated rings.